The predicted molar refractivity (Wildman–Crippen MR) is 160 cm³/mol. The summed E-state index contributed by atoms with van der Waals surface area (Å²) in [5.74, 6) is 1.78. The lowest BCUT2D eigenvalue weighted by atomic mass is 9.98. The van der Waals surface area contributed by atoms with Crippen LogP contribution in [0.5, 0.6) is 6.01 Å². The molecule has 4 aromatic rings. The van der Waals surface area contributed by atoms with Crippen LogP contribution in [0.2, 0.25) is 0 Å². The van der Waals surface area contributed by atoms with Crippen molar-refractivity contribution < 1.29 is 9.84 Å². The first kappa shape index (κ1) is 27.4. The zero-order valence-corrected chi connectivity index (χ0v) is 24.4. The van der Waals surface area contributed by atoms with E-state index in [2.05, 4.69) is 87.7 Å². The van der Waals surface area contributed by atoms with E-state index >= 15 is 0 Å². The monoisotopic (exact) mass is 556 g/mol. The molecule has 2 aromatic carbocycles. The number of H-pyrrole nitrogens is 1. The van der Waals surface area contributed by atoms with Gasteiger partial charge in [-0.1, -0.05) is 37.3 Å². The van der Waals surface area contributed by atoms with Crippen LogP contribution in [0.25, 0.3) is 10.8 Å². The molecular formula is C31H40N8O2. The van der Waals surface area contributed by atoms with Crippen molar-refractivity contribution in [3.05, 3.63) is 64.9 Å². The van der Waals surface area contributed by atoms with Crippen molar-refractivity contribution in [3.8, 4) is 6.01 Å². The number of rotatable bonds is 11. The van der Waals surface area contributed by atoms with Gasteiger partial charge in [0.1, 0.15) is 17.7 Å². The van der Waals surface area contributed by atoms with E-state index < -0.39 is 6.10 Å². The molecule has 1 saturated carbocycles. The molecule has 0 saturated heterocycles. The van der Waals surface area contributed by atoms with E-state index in [1.165, 1.54) is 22.0 Å². The summed E-state index contributed by atoms with van der Waals surface area (Å²) in [4.78, 5) is 18.9. The second kappa shape index (κ2) is 11.3. The maximum absolute atomic E-state index is 9.81. The summed E-state index contributed by atoms with van der Waals surface area (Å²) in [6.45, 7) is 7.41. The van der Waals surface area contributed by atoms with Crippen molar-refractivity contribution >= 4 is 22.3 Å². The molecule has 0 radical (unpaired) electrons. The lowest BCUT2D eigenvalue weighted by Gasteiger charge is -2.32. The summed E-state index contributed by atoms with van der Waals surface area (Å²) in [5.41, 5.74) is 4.87. The fourth-order valence-electron chi connectivity index (χ4n) is 5.94. The number of aryl methyl sites for hydroxylation is 1. The number of aromatic amines is 1. The second-order valence-electron chi connectivity index (χ2n) is 11.8. The van der Waals surface area contributed by atoms with Gasteiger partial charge in [0.05, 0.1) is 25.4 Å². The van der Waals surface area contributed by atoms with Crippen molar-refractivity contribution in [3.63, 3.8) is 0 Å². The van der Waals surface area contributed by atoms with Gasteiger partial charge in [0, 0.05) is 35.1 Å². The molecule has 2 aliphatic rings. The summed E-state index contributed by atoms with van der Waals surface area (Å²) in [7, 11) is 4.21. The Kier molecular flexibility index (Phi) is 7.52. The van der Waals surface area contributed by atoms with Gasteiger partial charge in [0.2, 0.25) is 0 Å². The minimum atomic E-state index is -0.725. The highest BCUT2D eigenvalue weighted by Gasteiger charge is 2.44. The molecule has 1 unspecified atom stereocenters. The van der Waals surface area contributed by atoms with E-state index in [9.17, 15) is 5.11 Å². The number of fused-ring (bicyclic) bond motifs is 2. The van der Waals surface area contributed by atoms with Crippen LogP contribution in [0.4, 0.5) is 11.5 Å². The van der Waals surface area contributed by atoms with Gasteiger partial charge >= 0.3 is 6.01 Å². The molecule has 6 rings (SSSR count). The summed E-state index contributed by atoms with van der Waals surface area (Å²) in [5, 5.41) is 22.9. The van der Waals surface area contributed by atoms with Crippen LogP contribution in [-0.2, 0) is 25.9 Å². The van der Waals surface area contributed by atoms with Gasteiger partial charge in [-0.05, 0) is 63.7 Å². The Bertz CT molecular complexity index is 1520. The van der Waals surface area contributed by atoms with Crippen LogP contribution in [-0.4, -0.2) is 68.9 Å². The van der Waals surface area contributed by atoms with Gasteiger partial charge in [-0.15, -0.1) is 0 Å². The van der Waals surface area contributed by atoms with Crippen LogP contribution >= 0.6 is 0 Å². The molecule has 2 aromatic heterocycles. The summed E-state index contributed by atoms with van der Waals surface area (Å²) < 4.78 is 6.30. The third-order valence-corrected chi connectivity index (χ3v) is 8.20. The molecule has 10 heteroatoms. The second-order valence-corrected chi connectivity index (χ2v) is 11.8. The Labute approximate surface area is 241 Å². The SMILES string of the molecule is CCc1cccc2cccc(N3CCc4c(nc(OCC5(CN(C)C)CC5)nc4NCc4nc(C(C)O)n[nH]4)C3)c12. The maximum atomic E-state index is 9.81. The van der Waals surface area contributed by atoms with Crippen LogP contribution in [0.1, 0.15) is 61.3 Å². The number of anilines is 2. The van der Waals surface area contributed by atoms with Gasteiger partial charge < -0.3 is 25.0 Å². The highest BCUT2D eigenvalue weighted by atomic mass is 16.5. The highest BCUT2D eigenvalue weighted by Crippen LogP contribution is 2.46. The molecule has 1 aliphatic carbocycles. The summed E-state index contributed by atoms with van der Waals surface area (Å²) in [6, 6.07) is 13.5. The van der Waals surface area contributed by atoms with Crippen LogP contribution in [0, 0.1) is 5.41 Å². The summed E-state index contributed by atoms with van der Waals surface area (Å²) in [6.07, 6.45) is 3.39. The molecule has 0 amide bonds. The first-order valence-corrected chi connectivity index (χ1v) is 14.6. The first-order chi connectivity index (χ1) is 19.8. The lowest BCUT2D eigenvalue weighted by Crippen LogP contribution is -2.33. The van der Waals surface area contributed by atoms with Crippen molar-refractivity contribution in [2.24, 2.45) is 5.41 Å². The van der Waals surface area contributed by atoms with Crippen molar-refractivity contribution in [1.29, 1.82) is 0 Å². The third-order valence-electron chi connectivity index (χ3n) is 8.20. The zero-order chi connectivity index (χ0) is 28.6. The molecule has 41 heavy (non-hydrogen) atoms. The Balaban J connectivity index is 1.30. The van der Waals surface area contributed by atoms with E-state index in [1.807, 2.05) is 0 Å². The quantitative estimate of drug-likeness (QED) is 0.249. The number of aromatic nitrogens is 5. The average molecular weight is 557 g/mol. The fourth-order valence-corrected chi connectivity index (χ4v) is 5.94. The molecule has 3 heterocycles. The molecule has 10 nitrogen and oxygen atoms in total. The standard InChI is InChI=1S/C31H40N8O2/c1-5-21-8-6-9-22-10-7-11-25(27(21)22)39-15-12-23-24(17-39)33-30(41-19-31(13-14-31)18-38(3)4)35-29(23)32-16-26-34-28(20(2)40)37-36-26/h6-11,20,40H,5,12-19H2,1-4H3,(H,32,33,35)(H,34,36,37). The Morgan fingerprint density at radius 3 is 2.66 bits per heavy atom. The lowest BCUT2D eigenvalue weighted by molar-refractivity contribution is 0.182. The van der Waals surface area contributed by atoms with Crippen LogP contribution in [0.3, 0.4) is 0 Å². The van der Waals surface area contributed by atoms with E-state index in [4.69, 9.17) is 14.7 Å². The number of hydrogen-bond acceptors (Lipinski definition) is 9. The number of aliphatic hydroxyl groups is 1. The Morgan fingerprint density at radius 2 is 1.95 bits per heavy atom. The molecule has 1 atom stereocenters. The smallest absolute Gasteiger partial charge is 0.318 e. The number of nitrogens with zero attached hydrogens (tertiary/aromatic N) is 6. The Morgan fingerprint density at radius 1 is 1.15 bits per heavy atom. The summed E-state index contributed by atoms with van der Waals surface area (Å²) >= 11 is 0. The zero-order valence-electron chi connectivity index (χ0n) is 24.4. The molecule has 1 aliphatic heterocycles. The normalized spacial score (nSPS) is 16.6. The fraction of sp³-hybridized carbons (Fsp3) is 0.484. The molecule has 1 fully saturated rings. The molecule has 3 N–H and O–H groups in total. The van der Waals surface area contributed by atoms with Crippen LogP contribution < -0.4 is 15.0 Å². The largest absolute Gasteiger partial charge is 0.463 e. The van der Waals surface area contributed by atoms with E-state index in [0.29, 0.717) is 37.4 Å². The molecule has 0 spiro atoms. The minimum absolute atomic E-state index is 0.180. The van der Waals surface area contributed by atoms with Gasteiger partial charge in [-0.2, -0.15) is 15.1 Å². The topological polar surface area (TPSA) is 115 Å². The molecule has 0 bridgehead atoms. The van der Waals surface area contributed by atoms with Crippen molar-refractivity contribution in [2.45, 2.75) is 58.7 Å². The number of hydrogen-bond donors (Lipinski definition) is 3. The van der Waals surface area contributed by atoms with Crippen LogP contribution in [0.15, 0.2) is 36.4 Å². The van der Waals surface area contributed by atoms with E-state index in [-0.39, 0.29) is 5.41 Å². The van der Waals surface area contributed by atoms with E-state index in [1.54, 1.807) is 6.92 Å². The van der Waals surface area contributed by atoms with Crippen molar-refractivity contribution in [1.82, 2.24) is 30.0 Å². The third kappa shape index (κ3) is 5.85. The number of nitrogens with one attached hydrogen (secondary N) is 2. The van der Waals surface area contributed by atoms with E-state index in [0.717, 1.165) is 55.8 Å². The first-order valence-electron chi connectivity index (χ1n) is 14.6. The number of aliphatic hydroxyl groups excluding tert-OH is 1. The average Bonchev–Trinajstić information content (AvgIpc) is 3.55. The van der Waals surface area contributed by atoms with Gasteiger partial charge in [-0.3, -0.25) is 5.10 Å². The molecular weight excluding hydrogens is 516 g/mol. The maximum Gasteiger partial charge on any atom is 0.318 e. The van der Waals surface area contributed by atoms with Gasteiger partial charge in [0.25, 0.3) is 0 Å². The number of benzene rings is 2. The number of ether oxygens (including phenoxy) is 1. The highest BCUT2D eigenvalue weighted by molar-refractivity contribution is 5.97. The van der Waals surface area contributed by atoms with Gasteiger partial charge in [0.15, 0.2) is 5.82 Å². The Hall–Kier alpha value is -3.76. The molecule has 216 valence electrons. The predicted octanol–water partition coefficient (Wildman–Crippen LogP) is 4.26. The minimum Gasteiger partial charge on any atom is -0.463 e. The van der Waals surface area contributed by atoms with Gasteiger partial charge in [-0.25, -0.2) is 4.98 Å². The van der Waals surface area contributed by atoms with Crippen molar-refractivity contribution in [2.75, 3.05) is 44.0 Å².